The van der Waals surface area contributed by atoms with Crippen molar-refractivity contribution in [1.29, 1.82) is 0 Å². The SMILES string of the molecule is CC(CNC(CNC(=O)OC(C)(C)C)C(C)C)c1ccccc1. The number of rotatable bonds is 7. The highest BCUT2D eigenvalue weighted by molar-refractivity contribution is 5.67. The van der Waals surface area contributed by atoms with E-state index in [1.807, 2.05) is 26.8 Å². The van der Waals surface area contributed by atoms with E-state index >= 15 is 0 Å². The molecule has 0 aliphatic carbocycles. The van der Waals surface area contributed by atoms with Gasteiger partial charge in [-0.3, -0.25) is 0 Å². The molecule has 4 heteroatoms. The number of carbonyl (C=O) groups is 1. The third-order valence-electron chi connectivity index (χ3n) is 3.72. The molecule has 130 valence electrons. The summed E-state index contributed by atoms with van der Waals surface area (Å²) in [5.41, 5.74) is 0.856. The maximum absolute atomic E-state index is 11.8. The molecule has 0 aromatic heterocycles. The van der Waals surface area contributed by atoms with Crippen LogP contribution >= 0.6 is 0 Å². The van der Waals surface area contributed by atoms with Crippen LogP contribution in [-0.2, 0) is 4.74 Å². The summed E-state index contributed by atoms with van der Waals surface area (Å²) in [7, 11) is 0. The number of hydrogen-bond donors (Lipinski definition) is 2. The van der Waals surface area contributed by atoms with Gasteiger partial charge in [-0.1, -0.05) is 51.1 Å². The zero-order valence-electron chi connectivity index (χ0n) is 15.3. The van der Waals surface area contributed by atoms with E-state index in [1.54, 1.807) is 0 Å². The summed E-state index contributed by atoms with van der Waals surface area (Å²) in [6.45, 7) is 13.6. The fraction of sp³-hybridized carbons (Fsp3) is 0.632. The van der Waals surface area contributed by atoms with Gasteiger partial charge in [0.1, 0.15) is 5.60 Å². The zero-order valence-corrected chi connectivity index (χ0v) is 15.3. The average molecular weight is 320 g/mol. The van der Waals surface area contributed by atoms with Gasteiger partial charge in [0, 0.05) is 19.1 Å². The monoisotopic (exact) mass is 320 g/mol. The second-order valence-electron chi connectivity index (χ2n) is 7.45. The van der Waals surface area contributed by atoms with Gasteiger partial charge in [-0.25, -0.2) is 4.79 Å². The van der Waals surface area contributed by atoms with E-state index in [-0.39, 0.29) is 12.1 Å². The minimum atomic E-state index is -0.466. The fourth-order valence-corrected chi connectivity index (χ4v) is 2.28. The van der Waals surface area contributed by atoms with Crippen LogP contribution < -0.4 is 10.6 Å². The zero-order chi connectivity index (χ0) is 17.5. The Balaban J connectivity index is 2.45. The normalized spacial score (nSPS) is 14.4. The smallest absolute Gasteiger partial charge is 0.407 e. The Bertz CT molecular complexity index is 466. The highest BCUT2D eigenvalue weighted by atomic mass is 16.6. The molecule has 2 unspecified atom stereocenters. The van der Waals surface area contributed by atoms with Crippen LogP contribution in [0.1, 0.15) is 53.0 Å². The molecule has 2 N–H and O–H groups in total. The number of alkyl carbamates (subject to hydrolysis) is 1. The minimum Gasteiger partial charge on any atom is -0.444 e. The Morgan fingerprint density at radius 2 is 1.70 bits per heavy atom. The summed E-state index contributed by atoms with van der Waals surface area (Å²) in [6, 6.07) is 10.7. The topological polar surface area (TPSA) is 50.4 Å². The Hall–Kier alpha value is -1.55. The quantitative estimate of drug-likeness (QED) is 0.800. The number of carbonyl (C=O) groups excluding carboxylic acids is 1. The standard InChI is InChI=1S/C19H32N2O2/c1-14(2)17(13-21-18(22)23-19(4,5)6)20-12-15(3)16-10-8-7-9-11-16/h7-11,14-15,17,20H,12-13H2,1-6H3,(H,21,22). The van der Waals surface area contributed by atoms with E-state index < -0.39 is 5.60 Å². The van der Waals surface area contributed by atoms with Gasteiger partial charge in [-0.15, -0.1) is 0 Å². The van der Waals surface area contributed by atoms with Crippen molar-refractivity contribution in [2.45, 2.75) is 59.1 Å². The predicted octanol–water partition coefficient (Wildman–Crippen LogP) is 3.93. The molecule has 1 amide bonds. The van der Waals surface area contributed by atoms with Crippen molar-refractivity contribution in [1.82, 2.24) is 10.6 Å². The van der Waals surface area contributed by atoms with Crippen molar-refractivity contribution < 1.29 is 9.53 Å². The average Bonchev–Trinajstić information content (AvgIpc) is 2.45. The maximum atomic E-state index is 11.8. The Kier molecular flexibility index (Phi) is 7.56. The summed E-state index contributed by atoms with van der Waals surface area (Å²) < 4.78 is 5.28. The first-order valence-electron chi connectivity index (χ1n) is 8.44. The number of ether oxygens (including phenoxy) is 1. The van der Waals surface area contributed by atoms with Gasteiger partial charge in [0.05, 0.1) is 0 Å². The van der Waals surface area contributed by atoms with Gasteiger partial charge in [-0.05, 0) is 38.2 Å². The summed E-state index contributed by atoms with van der Waals surface area (Å²) in [5.74, 6) is 0.854. The first kappa shape index (κ1) is 19.5. The van der Waals surface area contributed by atoms with Crippen molar-refractivity contribution in [3.63, 3.8) is 0 Å². The van der Waals surface area contributed by atoms with E-state index in [1.165, 1.54) is 5.56 Å². The molecular formula is C19H32N2O2. The van der Waals surface area contributed by atoms with Gasteiger partial charge in [0.15, 0.2) is 0 Å². The van der Waals surface area contributed by atoms with Crippen LogP contribution in [0, 0.1) is 5.92 Å². The molecule has 0 aliphatic heterocycles. The van der Waals surface area contributed by atoms with Crippen molar-refractivity contribution >= 4 is 6.09 Å². The molecule has 4 nitrogen and oxygen atoms in total. The summed E-state index contributed by atoms with van der Waals surface area (Å²) in [4.78, 5) is 11.8. The van der Waals surface area contributed by atoms with Gasteiger partial charge in [0.25, 0.3) is 0 Å². The van der Waals surface area contributed by atoms with Crippen molar-refractivity contribution in [2.24, 2.45) is 5.92 Å². The molecule has 0 fully saturated rings. The van der Waals surface area contributed by atoms with Crippen molar-refractivity contribution in [3.05, 3.63) is 35.9 Å². The van der Waals surface area contributed by atoms with Crippen molar-refractivity contribution in [2.75, 3.05) is 13.1 Å². The van der Waals surface area contributed by atoms with Crippen LogP contribution in [0.2, 0.25) is 0 Å². The molecule has 0 saturated carbocycles. The van der Waals surface area contributed by atoms with Crippen LogP contribution in [0.15, 0.2) is 30.3 Å². The third-order valence-corrected chi connectivity index (χ3v) is 3.72. The van der Waals surface area contributed by atoms with Gasteiger partial charge in [0.2, 0.25) is 0 Å². The molecule has 0 saturated heterocycles. The molecule has 1 rings (SSSR count). The van der Waals surface area contributed by atoms with Crippen LogP contribution in [0.5, 0.6) is 0 Å². The van der Waals surface area contributed by atoms with Gasteiger partial charge < -0.3 is 15.4 Å². The summed E-state index contributed by atoms with van der Waals surface area (Å²) in [6.07, 6.45) is -0.360. The lowest BCUT2D eigenvalue weighted by atomic mass is 9.99. The van der Waals surface area contributed by atoms with Gasteiger partial charge >= 0.3 is 6.09 Å². The van der Waals surface area contributed by atoms with Crippen molar-refractivity contribution in [3.8, 4) is 0 Å². The molecule has 0 bridgehead atoms. The van der Waals surface area contributed by atoms with E-state index in [4.69, 9.17) is 4.74 Å². The van der Waals surface area contributed by atoms with E-state index in [0.717, 1.165) is 6.54 Å². The van der Waals surface area contributed by atoms with Crippen LogP contribution in [0.25, 0.3) is 0 Å². The number of hydrogen-bond acceptors (Lipinski definition) is 3. The Morgan fingerprint density at radius 3 is 2.22 bits per heavy atom. The first-order valence-corrected chi connectivity index (χ1v) is 8.44. The maximum Gasteiger partial charge on any atom is 0.407 e. The molecule has 23 heavy (non-hydrogen) atoms. The highest BCUT2D eigenvalue weighted by Gasteiger charge is 2.19. The van der Waals surface area contributed by atoms with E-state index in [9.17, 15) is 4.79 Å². The number of benzene rings is 1. The second kappa shape index (κ2) is 8.92. The molecular weight excluding hydrogens is 288 g/mol. The Labute approximate surface area is 141 Å². The molecule has 1 aromatic carbocycles. The van der Waals surface area contributed by atoms with E-state index in [0.29, 0.717) is 18.4 Å². The van der Waals surface area contributed by atoms with Crippen LogP contribution in [-0.4, -0.2) is 30.8 Å². The van der Waals surface area contributed by atoms with Crippen LogP contribution in [0.4, 0.5) is 4.79 Å². The third kappa shape index (κ3) is 8.03. The number of nitrogens with one attached hydrogen (secondary N) is 2. The molecule has 0 heterocycles. The highest BCUT2D eigenvalue weighted by Crippen LogP contribution is 2.14. The molecule has 2 atom stereocenters. The van der Waals surface area contributed by atoms with E-state index in [2.05, 4.69) is 55.7 Å². The summed E-state index contributed by atoms with van der Waals surface area (Å²) >= 11 is 0. The largest absolute Gasteiger partial charge is 0.444 e. The molecule has 0 radical (unpaired) electrons. The minimum absolute atomic E-state index is 0.216. The lowest BCUT2D eigenvalue weighted by molar-refractivity contribution is 0.0519. The van der Waals surface area contributed by atoms with Crippen LogP contribution in [0.3, 0.4) is 0 Å². The Morgan fingerprint density at radius 1 is 1.09 bits per heavy atom. The predicted molar refractivity (Wildman–Crippen MR) is 95.7 cm³/mol. The lowest BCUT2D eigenvalue weighted by Gasteiger charge is -2.26. The lowest BCUT2D eigenvalue weighted by Crippen LogP contribution is -2.46. The molecule has 1 aromatic rings. The fourth-order valence-electron chi connectivity index (χ4n) is 2.28. The molecule has 0 aliphatic rings. The molecule has 0 spiro atoms. The summed E-state index contributed by atoms with van der Waals surface area (Å²) in [5, 5.41) is 6.43. The number of amides is 1. The second-order valence-corrected chi connectivity index (χ2v) is 7.45. The first-order chi connectivity index (χ1) is 10.7. The van der Waals surface area contributed by atoms with Gasteiger partial charge in [-0.2, -0.15) is 0 Å².